The molecule has 0 radical (unpaired) electrons. The highest BCUT2D eigenvalue weighted by molar-refractivity contribution is 7.89. The van der Waals surface area contributed by atoms with Crippen LogP contribution < -0.4 is 9.47 Å². The Bertz CT molecular complexity index is 1130. The van der Waals surface area contributed by atoms with Gasteiger partial charge in [-0.1, -0.05) is 24.3 Å². The van der Waals surface area contributed by atoms with Crippen LogP contribution in [-0.2, 0) is 26.1 Å². The first-order chi connectivity index (χ1) is 16.5. The Hall–Kier alpha value is -2.66. The minimum atomic E-state index is -3.52. The molecule has 2 aromatic rings. The highest BCUT2D eigenvalue weighted by atomic mass is 32.2. The molecule has 1 atom stereocenters. The van der Waals surface area contributed by atoms with Gasteiger partial charge in [-0.25, -0.2) is 8.42 Å². The lowest BCUT2D eigenvalue weighted by Crippen LogP contribution is -2.53. The van der Waals surface area contributed by atoms with Gasteiger partial charge in [-0.2, -0.15) is 4.31 Å². The predicted molar refractivity (Wildman–Crippen MR) is 124 cm³/mol. The van der Waals surface area contributed by atoms with Gasteiger partial charge < -0.3 is 19.1 Å². The number of carbonyl (C=O) groups excluding carboxylic acids is 1. The first kappa shape index (κ1) is 23.1. The first-order valence-electron chi connectivity index (χ1n) is 11.6. The molecule has 0 N–H and O–H groups in total. The Kier molecular flexibility index (Phi) is 6.73. The summed E-state index contributed by atoms with van der Waals surface area (Å²) in [6.45, 7) is 5.03. The summed E-state index contributed by atoms with van der Waals surface area (Å²) < 4.78 is 44.2. The second-order valence-corrected chi connectivity index (χ2v) is 10.6. The summed E-state index contributed by atoms with van der Waals surface area (Å²) in [6, 6.07) is 14.5. The van der Waals surface area contributed by atoms with Gasteiger partial charge in [0.2, 0.25) is 16.1 Å². The predicted octanol–water partition coefficient (Wildman–Crippen LogP) is 1.19. The van der Waals surface area contributed by atoms with Gasteiger partial charge in [0.1, 0.15) is 6.61 Å². The van der Waals surface area contributed by atoms with Crippen LogP contribution in [0, 0.1) is 0 Å². The molecule has 2 saturated heterocycles. The van der Waals surface area contributed by atoms with E-state index in [-0.39, 0.29) is 12.5 Å². The Morgan fingerprint density at radius 3 is 2.41 bits per heavy atom. The highest BCUT2D eigenvalue weighted by Crippen LogP contribution is 2.31. The minimum Gasteiger partial charge on any atom is -0.485 e. The Labute approximate surface area is 199 Å². The lowest BCUT2D eigenvalue weighted by molar-refractivity contribution is -0.143. The molecule has 0 bridgehead atoms. The molecular formula is C24H29N3O6S. The van der Waals surface area contributed by atoms with Crippen LogP contribution in [0.15, 0.2) is 53.4 Å². The van der Waals surface area contributed by atoms with Crippen LogP contribution in [0.1, 0.15) is 5.56 Å². The number of piperazine rings is 1. The number of amides is 1. The molecule has 34 heavy (non-hydrogen) atoms. The number of ether oxygens (including phenoxy) is 3. The summed E-state index contributed by atoms with van der Waals surface area (Å²) in [7, 11) is -3.52. The molecule has 0 saturated carbocycles. The normalized spacial score (nSPS) is 21.9. The Morgan fingerprint density at radius 2 is 1.65 bits per heavy atom. The molecule has 1 amide bonds. The second-order valence-electron chi connectivity index (χ2n) is 8.63. The fourth-order valence-corrected chi connectivity index (χ4v) is 5.95. The standard InChI is InChI=1S/C24H29N3O6S/c28-24(23-18-32-21-6-1-2-7-22(21)33-23)26-10-8-25(9-11-26)17-19-4-3-5-20(16-19)34(29,30)27-12-14-31-15-13-27/h1-7,16,23H,8-15,17-18H2/t23-/m0/s1. The van der Waals surface area contributed by atoms with Gasteiger partial charge in [0.15, 0.2) is 11.5 Å². The van der Waals surface area contributed by atoms with Crippen molar-refractivity contribution in [3.05, 3.63) is 54.1 Å². The Morgan fingerprint density at radius 1 is 0.912 bits per heavy atom. The van der Waals surface area contributed by atoms with Crippen molar-refractivity contribution in [3.63, 3.8) is 0 Å². The van der Waals surface area contributed by atoms with Gasteiger partial charge in [0, 0.05) is 45.8 Å². The number of hydrogen-bond donors (Lipinski definition) is 0. The number of hydrogen-bond acceptors (Lipinski definition) is 7. The van der Waals surface area contributed by atoms with Gasteiger partial charge in [-0.15, -0.1) is 0 Å². The topological polar surface area (TPSA) is 88.6 Å². The van der Waals surface area contributed by atoms with Crippen LogP contribution >= 0.6 is 0 Å². The molecule has 2 fully saturated rings. The average molecular weight is 488 g/mol. The summed E-state index contributed by atoms with van der Waals surface area (Å²) in [6.07, 6.45) is -0.636. The number of fused-ring (bicyclic) bond motifs is 1. The number of rotatable bonds is 5. The lowest BCUT2D eigenvalue weighted by atomic mass is 10.2. The molecular weight excluding hydrogens is 458 g/mol. The zero-order valence-electron chi connectivity index (χ0n) is 19.0. The summed E-state index contributed by atoms with van der Waals surface area (Å²) >= 11 is 0. The van der Waals surface area contributed by atoms with Crippen LogP contribution in [0.5, 0.6) is 11.5 Å². The number of nitrogens with zero attached hydrogens (tertiary/aromatic N) is 3. The molecule has 182 valence electrons. The quantitative estimate of drug-likeness (QED) is 0.626. The molecule has 0 aliphatic carbocycles. The van der Waals surface area contributed by atoms with Gasteiger partial charge in [-0.05, 0) is 29.8 Å². The molecule has 2 aromatic carbocycles. The van der Waals surface area contributed by atoms with E-state index >= 15 is 0 Å². The fourth-order valence-electron chi connectivity index (χ4n) is 4.47. The lowest BCUT2D eigenvalue weighted by Gasteiger charge is -2.37. The third kappa shape index (κ3) is 4.90. The number of para-hydroxylation sites is 2. The van der Waals surface area contributed by atoms with Crippen LogP contribution in [0.2, 0.25) is 0 Å². The maximum absolute atomic E-state index is 13.0. The van der Waals surface area contributed by atoms with Crippen LogP contribution in [0.4, 0.5) is 0 Å². The van der Waals surface area contributed by atoms with Gasteiger partial charge >= 0.3 is 0 Å². The van der Waals surface area contributed by atoms with Crippen molar-refractivity contribution in [2.45, 2.75) is 17.5 Å². The summed E-state index contributed by atoms with van der Waals surface area (Å²) in [5.74, 6) is 1.19. The Balaban J connectivity index is 1.16. The van der Waals surface area contributed by atoms with Gasteiger partial charge in [0.05, 0.1) is 18.1 Å². The molecule has 3 aliphatic heterocycles. The third-order valence-electron chi connectivity index (χ3n) is 6.38. The van der Waals surface area contributed by atoms with Crippen molar-refractivity contribution in [3.8, 4) is 11.5 Å². The monoisotopic (exact) mass is 487 g/mol. The SMILES string of the molecule is O=C([C@@H]1COc2ccccc2O1)N1CCN(Cc2cccc(S(=O)(=O)N3CCOCC3)c2)CC1. The second kappa shape index (κ2) is 9.91. The van der Waals surface area contributed by atoms with E-state index in [0.717, 1.165) is 5.56 Å². The number of carbonyl (C=O) groups is 1. The molecule has 9 nitrogen and oxygen atoms in total. The zero-order valence-corrected chi connectivity index (χ0v) is 19.8. The van der Waals surface area contributed by atoms with Crippen molar-refractivity contribution in [1.82, 2.24) is 14.1 Å². The molecule has 0 aromatic heterocycles. The maximum atomic E-state index is 13.0. The van der Waals surface area contributed by atoms with Crippen LogP contribution in [-0.4, -0.2) is 93.6 Å². The van der Waals surface area contributed by atoms with Gasteiger partial charge in [-0.3, -0.25) is 9.69 Å². The van der Waals surface area contributed by atoms with E-state index in [1.54, 1.807) is 24.3 Å². The van der Waals surface area contributed by atoms with E-state index in [2.05, 4.69) is 4.90 Å². The molecule has 5 rings (SSSR count). The highest BCUT2D eigenvalue weighted by Gasteiger charge is 2.33. The number of morpholine rings is 1. The molecule has 0 unspecified atom stereocenters. The maximum Gasteiger partial charge on any atom is 0.267 e. The smallest absolute Gasteiger partial charge is 0.267 e. The third-order valence-corrected chi connectivity index (χ3v) is 8.28. The van der Waals surface area contributed by atoms with Crippen molar-refractivity contribution >= 4 is 15.9 Å². The van der Waals surface area contributed by atoms with Crippen LogP contribution in [0.3, 0.4) is 0 Å². The molecule has 0 spiro atoms. The van der Waals surface area contributed by atoms with E-state index in [9.17, 15) is 13.2 Å². The summed E-state index contributed by atoms with van der Waals surface area (Å²) in [5.41, 5.74) is 0.940. The van der Waals surface area contributed by atoms with Gasteiger partial charge in [0.25, 0.3) is 5.91 Å². The molecule has 3 heterocycles. The van der Waals surface area contributed by atoms with E-state index in [1.807, 2.05) is 29.2 Å². The van der Waals surface area contributed by atoms with Crippen molar-refractivity contribution in [2.24, 2.45) is 0 Å². The van der Waals surface area contributed by atoms with Crippen molar-refractivity contribution in [2.75, 3.05) is 59.1 Å². The number of sulfonamides is 1. The van der Waals surface area contributed by atoms with E-state index in [0.29, 0.717) is 75.4 Å². The summed E-state index contributed by atoms with van der Waals surface area (Å²) in [5, 5.41) is 0. The average Bonchev–Trinajstić information content (AvgIpc) is 2.89. The molecule has 3 aliphatic rings. The zero-order chi connectivity index (χ0) is 23.5. The minimum absolute atomic E-state index is 0.0623. The first-order valence-corrected chi connectivity index (χ1v) is 13.0. The van der Waals surface area contributed by atoms with E-state index in [1.165, 1.54) is 4.31 Å². The summed E-state index contributed by atoms with van der Waals surface area (Å²) in [4.78, 5) is 17.3. The van der Waals surface area contributed by atoms with Crippen LogP contribution in [0.25, 0.3) is 0 Å². The fraction of sp³-hybridized carbons (Fsp3) is 0.458. The largest absolute Gasteiger partial charge is 0.485 e. The number of benzene rings is 2. The molecule has 10 heteroatoms. The van der Waals surface area contributed by atoms with E-state index in [4.69, 9.17) is 14.2 Å². The van der Waals surface area contributed by atoms with Crippen molar-refractivity contribution < 1.29 is 27.4 Å². The van der Waals surface area contributed by atoms with E-state index < -0.39 is 16.1 Å². The van der Waals surface area contributed by atoms with Crippen molar-refractivity contribution in [1.29, 1.82) is 0 Å².